The first-order chi connectivity index (χ1) is 18.2. The lowest BCUT2D eigenvalue weighted by Crippen LogP contribution is -2.72. The van der Waals surface area contributed by atoms with E-state index in [0.29, 0.717) is 26.2 Å². The van der Waals surface area contributed by atoms with Gasteiger partial charge in [0.25, 0.3) is 5.79 Å². The maximum atomic E-state index is 12.7. The zero-order chi connectivity index (χ0) is 29.5. The zero-order valence-corrected chi connectivity index (χ0v) is 23.0. The van der Waals surface area contributed by atoms with E-state index >= 15 is 0 Å². The van der Waals surface area contributed by atoms with Gasteiger partial charge in [-0.05, 0) is 0 Å². The number of aliphatic hydroxyl groups is 1. The van der Waals surface area contributed by atoms with Crippen molar-refractivity contribution in [3.05, 3.63) is 0 Å². The number of esters is 4. The maximum Gasteiger partial charge on any atom is 0.366 e. The van der Waals surface area contributed by atoms with Crippen LogP contribution in [-0.2, 0) is 52.5 Å². The van der Waals surface area contributed by atoms with Crippen LogP contribution in [0, 0.1) is 0 Å². The molecule has 6 atom stereocenters. The number of methoxy groups -OCH3 is 1. The third-order valence-corrected chi connectivity index (χ3v) is 6.45. The first-order valence-electron chi connectivity index (χ1n) is 12.4. The molecular weight excluding hydrogens is 522 g/mol. The first kappa shape index (κ1) is 31.9. The number of hydrogen-bond acceptors (Lipinski definition) is 13. The van der Waals surface area contributed by atoms with Crippen molar-refractivity contribution in [1.29, 1.82) is 0 Å². The molecule has 0 spiro atoms. The van der Waals surface area contributed by atoms with Crippen molar-refractivity contribution in [1.82, 2.24) is 15.1 Å². The fourth-order valence-corrected chi connectivity index (χ4v) is 4.83. The molecule has 0 aromatic carbocycles. The van der Waals surface area contributed by atoms with Gasteiger partial charge in [0.05, 0.1) is 13.2 Å². The Hall–Kier alpha value is -3.30. The molecule has 2 rings (SSSR count). The lowest BCUT2D eigenvalue weighted by atomic mass is 9.85. The smallest absolute Gasteiger partial charge is 0.366 e. The van der Waals surface area contributed by atoms with Gasteiger partial charge in [-0.2, -0.15) is 0 Å². The summed E-state index contributed by atoms with van der Waals surface area (Å²) in [6.07, 6.45) is -4.84. The Morgan fingerprint density at radius 1 is 0.949 bits per heavy atom. The van der Waals surface area contributed by atoms with E-state index in [1.807, 2.05) is 4.90 Å². The molecule has 2 amide bonds. The average Bonchev–Trinajstić information content (AvgIpc) is 2.85. The van der Waals surface area contributed by atoms with E-state index in [1.54, 1.807) is 4.90 Å². The summed E-state index contributed by atoms with van der Waals surface area (Å²) in [5.74, 6) is -6.70. The van der Waals surface area contributed by atoms with Crippen LogP contribution >= 0.6 is 0 Å². The number of amides is 2. The van der Waals surface area contributed by atoms with Crippen LogP contribution in [0.2, 0.25) is 0 Å². The molecular formula is C24H37N3O12. The summed E-state index contributed by atoms with van der Waals surface area (Å²) in [5, 5.41) is 14.1. The van der Waals surface area contributed by atoms with Crippen LogP contribution in [0.25, 0.3) is 0 Å². The molecule has 39 heavy (non-hydrogen) atoms. The minimum atomic E-state index is -2.56. The lowest BCUT2D eigenvalue weighted by Gasteiger charge is -2.51. The molecule has 2 N–H and O–H groups in total. The largest absolute Gasteiger partial charge is 0.465 e. The number of carbonyl (C=O) groups is 6. The maximum absolute atomic E-state index is 12.7. The van der Waals surface area contributed by atoms with Gasteiger partial charge in [0, 0.05) is 73.3 Å². The number of piperazine rings is 1. The zero-order valence-electron chi connectivity index (χ0n) is 23.0. The number of hydrogen-bond donors (Lipinski definition) is 2. The topological polar surface area (TPSA) is 187 Å². The Balaban J connectivity index is 2.61. The molecule has 2 heterocycles. The molecule has 2 saturated heterocycles. The third kappa shape index (κ3) is 8.60. The molecule has 2 aliphatic rings. The molecule has 2 fully saturated rings. The van der Waals surface area contributed by atoms with Gasteiger partial charge in [-0.1, -0.05) is 0 Å². The summed E-state index contributed by atoms with van der Waals surface area (Å²) < 4.78 is 26.4. The van der Waals surface area contributed by atoms with Crippen LogP contribution in [0.3, 0.4) is 0 Å². The van der Waals surface area contributed by atoms with Crippen molar-refractivity contribution in [2.24, 2.45) is 0 Å². The van der Waals surface area contributed by atoms with Crippen molar-refractivity contribution in [3.63, 3.8) is 0 Å². The molecule has 0 aliphatic carbocycles. The summed E-state index contributed by atoms with van der Waals surface area (Å²) >= 11 is 0. The number of nitrogens with one attached hydrogen (secondary N) is 1. The summed E-state index contributed by atoms with van der Waals surface area (Å²) in [6.45, 7) is 6.74. The number of carbonyl (C=O) groups excluding carboxylic acids is 6. The van der Waals surface area contributed by atoms with Gasteiger partial charge in [0.2, 0.25) is 11.8 Å². The van der Waals surface area contributed by atoms with Gasteiger partial charge in [-0.25, -0.2) is 4.79 Å². The third-order valence-electron chi connectivity index (χ3n) is 6.45. The standard InChI is InChI=1S/C24H37N3O12/c1-13(28)25-20-18(27-9-7-26(8-10-27)14(2)29)11-24(34,23(33)35-6)39-22(20)21(38-17(5)32)19(37-16(4)31)12-36-15(3)30/h18-22,34H,7-12H2,1-6H3,(H,25,28)/t18-,19+,20+,21+,22+,24-/m0/s1. The van der Waals surface area contributed by atoms with Crippen molar-refractivity contribution in [3.8, 4) is 0 Å². The summed E-state index contributed by atoms with van der Waals surface area (Å²) in [7, 11) is 1.05. The molecule has 0 aromatic heterocycles. The molecule has 220 valence electrons. The van der Waals surface area contributed by atoms with Gasteiger partial charge in [0.15, 0.2) is 12.2 Å². The molecule has 0 aromatic rings. The Labute approximate surface area is 226 Å². The summed E-state index contributed by atoms with van der Waals surface area (Å²) in [4.78, 5) is 76.0. The molecule has 0 radical (unpaired) electrons. The average molecular weight is 560 g/mol. The highest BCUT2D eigenvalue weighted by Crippen LogP contribution is 2.35. The quantitative estimate of drug-likeness (QED) is 0.236. The minimum absolute atomic E-state index is 0.117. The fraction of sp³-hybridized carbons (Fsp3) is 0.750. The minimum Gasteiger partial charge on any atom is -0.465 e. The van der Waals surface area contributed by atoms with Crippen molar-refractivity contribution in [2.45, 2.75) is 77.2 Å². The van der Waals surface area contributed by atoms with Crippen LogP contribution in [0.4, 0.5) is 0 Å². The van der Waals surface area contributed by atoms with Gasteiger partial charge < -0.3 is 39.0 Å². The van der Waals surface area contributed by atoms with E-state index in [-0.39, 0.29) is 12.3 Å². The SMILES string of the molecule is COC(=O)[C@]1(O)C[C@H](N2CCN(C(C)=O)CC2)[C@@H](NC(C)=O)[C@H]([C@H](OC(C)=O)[C@@H](COC(C)=O)OC(C)=O)O1. The Morgan fingerprint density at radius 3 is 2.00 bits per heavy atom. The van der Waals surface area contributed by atoms with Crippen LogP contribution in [0.1, 0.15) is 41.0 Å². The van der Waals surface area contributed by atoms with E-state index in [4.69, 9.17) is 23.7 Å². The lowest BCUT2D eigenvalue weighted by molar-refractivity contribution is -0.293. The van der Waals surface area contributed by atoms with E-state index in [0.717, 1.165) is 27.9 Å². The molecule has 0 unspecified atom stereocenters. The van der Waals surface area contributed by atoms with Crippen molar-refractivity contribution < 1.29 is 57.6 Å². The van der Waals surface area contributed by atoms with E-state index in [2.05, 4.69) is 5.32 Å². The Kier molecular flexibility index (Phi) is 11.2. The molecule has 15 heteroatoms. The van der Waals surface area contributed by atoms with Gasteiger partial charge in [0.1, 0.15) is 12.7 Å². The number of ether oxygens (including phenoxy) is 5. The highest BCUT2D eigenvalue weighted by Gasteiger charge is 2.57. The number of rotatable bonds is 9. The van der Waals surface area contributed by atoms with Gasteiger partial charge >= 0.3 is 23.9 Å². The fourth-order valence-electron chi connectivity index (χ4n) is 4.83. The normalized spacial score (nSPS) is 26.9. The summed E-state index contributed by atoms with van der Waals surface area (Å²) in [5.41, 5.74) is 0. The first-order valence-corrected chi connectivity index (χ1v) is 12.4. The van der Waals surface area contributed by atoms with Crippen LogP contribution in [-0.4, -0.2) is 127 Å². The predicted octanol–water partition coefficient (Wildman–Crippen LogP) is -1.90. The van der Waals surface area contributed by atoms with Gasteiger partial charge in [-0.3, -0.25) is 28.9 Å². The van der Waals surface area contributed by atoms with Crippen molar-refractivity contribution in [2.75, 3.05) is 39.9 Å². The molecule has 0 saturated carbocycles. The van der Waals surface area contributed by atoms with E-state index in [9.17, 15) is 33.9 Å². The number of nitrogens with zero attached hydrogens (tertiary/aromatic N) is 2. The van der Waals surface area contributed by atoms with E-state index in [1.165, 1.54) is 13.8 Å². The van der Waals surface area contributed by atoms with Gasteiger partial charge in [-0.15, -0.1) is 0 Å². The second-order valence-corrected chi connectivity index (χ2v) is 9.42. The Bertz CT molecular complexity index is 951. The molecule has 2 aliphatic heterocycles. The predicted molar refractivity (Wildman–Crippen MR) is 129 cm³/mol. The Morgan fingerprint density at radius 2 is 1.54 bits per heavy atom. The van der Waals surface area contributed by atoms with Crippen LogP contribution in [0.15, 0.2) is 0 Å². The second-order valence-electron chi connectivity index (χ2n) is 9.42. The van der Waals surface area contributed by atoms with Crippen LogP contribution in [0.5, 0.6) is 0 Å². The summed E-state index contributed by atoms with van der Waals surface area (Å²) in [6, 6.07) is -1.83. The highest BCUT2D eigenvalue weighted by molar-refractivity contribution is 5.78. The van der Waals surface area contributed by atoms with E-state index < -0.39 is 72.6 Å². The molecule has 0 bridgehead atoms. The van der Waals surface area contributed by atoms with Crippen LogP contribution < -0.4 is 5.32 Å². The second kappa shape index (κ2) is 13.7. The van der Waals surface area contributed by atoms with Crippen molar-refractivity contribution >= 4 is 35.7 Å². The highest BCUT2D eigenvalue weighted by atomic mass is 16.7. The molecule has 15 nitrogen and oxygen atoms in total. The monoisotopic (exact) mass is 559 g/mol.